The van der Waals surface area contributed by atoms with Gasteiger partial charge in [-0.2, -0.15) is 0 Å². The van der Waals surface area contributed by atoms with Crippen molar-refractivity contribution in [2.75, 3.05) is 0 Å². The fraction of sp³-hybridized carbons (Fsp3) is 0.900. The summed E-state index contributed by atoms with van der Waals surface area (Å²) in [5.41, 5.74) is 0. The smallest absolute Gasteiger partial charge is 1.00 e. The van der Waals surface area contributed by atoms with Gasteiger partial charge in [0.1, 0.15) is 0 Å². The van der Waals surface area contributed by atoms with Gasteiger partial charge >= 0.3 is 80.9 Å². The monoisotopic (exact) mass is 268 g/mol. The second-order valence-corrected chi connectivity index (χ2v) is 3.24. The van der Waals surface area contributed by atoms with Crippen molar-refractivity contribution in [3.8, 4) is 0 Å². The van der Waals surface area contributed by atoms with Crippen molar-refractivity contribution in [2.24, 2.45) is 0 Å². The first kappa shape index (κ1) is 26.1. The normalized spacial score (nSPS) is 8.07. The standard InChI is InChI=1S/C10H20O2.ClH.K.Na/c1-2-3-4-5-6-7-8-9-10(11)12;;;/h2-9H2,1H3,(H,11,12);1H;;/q;;2*+1/p-2. The predicted molar refractivity (Wildman–Crippen MR) is 47.6 cm³/mol. The molecule has 0 aromatic rings. The van der Waals surface area contributed by atoms with Crippen LogP contribution in [0.5, 0.6) is 0 Å². The molecule has 0 heterocycles. The maximum atomic E-state index is 10.0. The van der Waals surface area contributed by atoms with Crippen molar-refractivity contribution < 1.29 is 103 Å². The molecule has 0 bridgehead atoms. The van der Waals surface area contributed by atoms with Crippen LogP contribution in [0.1, 0.15) is 58.3 Å². The van der Waals surface area contributed by atoms with E-state index < -0.39 is 5.97 Å². The van der Waals surface area contributed by atoms with Crippen molar-refractivity contribution in [3.63, 3.8) is 0 Å². The van der Waals surface area contributed by atoms with Crippen LogP contribution in [0.3, 0.4) is 0 Å². The molecule has 0 unspecified atom stereocenters. The summed E-state index contributed by atoms with van der Waals surface area (Å²) < 4.78 is 0. The van der Waals surface area contributed by atoms with E-state index >= 15 is 0 Å². The van der Waals surface area contributed by atoms with Crippen LogP contribution < -0.4 is 98.5 Å². The Morgan fingerprint density at radius 1 is 1.00 bits per heavy atom. The zero-order valence-electron chi connectivity index (χ0n) is 10.4. The average Bonchev–Trinajstić information content (AvgIpc) is 2.02. The van der Waals surface area contributed by atoms with Gasteiger partial charge in [-0.25, -0.2) is 0 Å². The molecule has 15 heavy (non-hydrogen) atoms. The first-order chi connectivity index (χ1) is 5.77. The molecule has 0 aromatic heterocycles. The molecule has 0 atom stereocenters. The number of carboxylic acid groups (broad SMARTS) is 1. The van der Waals surface area contributed by atoms with Gasteiger partial charge in [0.05, 0.1) is 0 Å². The molecule has 0 aliphatic heterocycles. The van der Waals surface area contributed by atoms with Crippen molar-refractivity contribution >= 4 is 5.97 Å². The summed E-state index contributed by atoms with van der Waals surface area (Å²) in [5, 5.41) is 10.0. The SMILES string of the molecule is CCCCCCCCCC(=O)[O-].[Cl-].[K+].[Na+]. The van der Waals surface area contributed by atoms with Crippen molar-refractivity contribution in [3.05, 3.63) is 0 Å². The van der Waals surface area contributed by atoms with Crippen molar-refractivity contribution in [2.45, 2.75) is 58.3 Å². The maximum Gasteiger partial charge on any atom is 1.00 e. The van der Waals surface area contributed by atoms with E-state index in [4.69, 9.17) is 0 Å². The zero-order valence-corrected chi connectivity index (χ0v) is 16.2. The molecule has 0 aromatic carbocycles. The van der Waals surface area contributed by atoms with Gasteiger partial charge in [0, 0.05) is 5.97 Å². The van der Waals surface area contributed by atoms with Crippen LogP contribution >= 0.6 is 0 Å². The Balaban J connectivity index is -0.000000202. The van der Waals surface area contributed by atoms with Gasteiger partial charge in [-0.05, 0) is 12.8 Å². The van der Waals surface area contributed by atoms with Crippen LogP contribution in [0.15, 0.2) is 0 Å². The summed E-state index contributed by atoms with van der Waals surface area (Å²) in [6.07, 6.45) is 8.34. The summed E-state index contributed by atoms with van der Waals surface area (Å²) in [6.45, 7) is 2.19. The van der Waals surface area contributed by atoms with E-state index in [-0.39, 0.29) is 99.8 Å². The number of aliphatic carboxylic acids is 1. The Labute approximate surface area is 164 Å². The number of unbranched alkanes of at least 4 members (excludes halogenated alkanes) is 6. The fourth-order valence-corrected chi connectivity index (χ4v) is 1.23. The van der Waals surface area contributed by atoms with E-state index in [1.807, 2.05) is 0 Å². The van der Waals surface area contributed by atoms with Crippen molar-refractivity contribution in [1.29, 1.82) is 0 Å². The van der Waals surface area contributed by atoms with E-state index in [1.54, 1.807) is 0 Å². The molecule has 0 saturated carbocycles. The second kappa shape index (κ2) is 21.7. The van der Waals surface area contributed by atoms with Gasteiger partial charge in [0.15, 0.2) is 0 Å². The van der Waals surface area contributed by atoms with E-state index in [2.05, 4.69) is 6.92 Å². The zero-order chi connectivity index (χ0) is 9.23. The molecule has 5 heteroatoms. The molecule has 0 N–H and O–H groups in total. The summed E-state index contributed by atoms with van der Waals surface area (Å²) in [6, 6.07) is 0. The Bertz CT molecular complexity index is 126. The minimum absolute atomic E-state index is 0. The van der Waals surface area contributed by atoms with Gasteiger partial charge < -0.3 is 22.3 Å². The minimum atomic E-state index is -0.913. The molecule has 0 radical (unpaired) electrons. The third kappa shape index (κ3) is 26.2. The molecule has 2 nitrogen and oxygen atoms in total. The molecule has 0 fully saturated rings. The maximum absolute atomic E-state index is 10.0. The number of rotatable bonds is 8. The largest absolute Gasteiger partial charge is 1.00 e. The van der Waals surface area contributed by atoms with Gasteiger partial charge in [0.2, 0.25) is 0 Å². The minimum Gasteiger partial charge on any atom is -1.00 e. The second-order valence-electron chi connectivity index (χ2n) is 3.24. The molecule has 80 valence electrons. The quantitative estimate of drug-likeness (QED) is 0.324. The predicted octanol–water partition coefficient (Wildman–Crippen LogP) is -7.11. The van der Waals surface area contributed by atoms with Crippen LogP contribution in [0, 0.1) is 0 Å². The molecule has 0 amide bonds. The first-order valence-electron chi connectivity index (χ1n) is 4.97. The molecule has 0 aliphatic carbocycles. The Morgan fingerprint density at radius 2 is 1.40 bits per heavy atom. The number of carbonyl (C=O) groups excluding carboxylic acids is 1. The Hall–Kier alpha value is 2.40. The van der Waals surface area contributed by atoms with E-state index in [0.29, 0.717) is 0 Å². The van der Waals surface area contributed by atoms with Gasteiger partial charge in [-0.3, -0.25) is 0 Å². The van der Waals surface area contributed by atoms with Crippen LogP contribution in [0.2, 0.25) is 0 Å². The van der Waals surface area contributed by atoms with E-state index in [0.717, 1.165) is 12.8 Å². The third-order valence-electron chi connectivity index (χ3n) is 1.98. The summed E-state index contributed by atoms with van der Waals surface area (Å²) >= 11 is 0. The Kier molecular flexibility index (Phi) is 37.6. The first-order valence-corrected chi connectivity index (χ1v) is 4.97. The molecule has 0 aliphatic rings. The molecular weight excluding hydrogens is 250 g/mol. The van der Waals surface area contributed by atoms with E-state index in [1.165, 1.54) is 32.1 Å². The van der Waals surface area contributed by atoms with Gasteiger partial charge in [0.25, 0.3) is 0 Å². The van der Waals surface area contributed by atoms with E-state index in [9.17, 15) is 9.90 Å². The van der Waals surface area contributed by atoms with Crippen molar-refractivity contribution in [1.82, 2.24) is 0 Å². The van der Waals surface area contributed by atoms with Crippen LogP contribution in [-0.2, 0) is 4.79 Å². The summed E-state index contributed by atoms with van der Waals surface area (Å²) in [5.74, 6) is -0.913. The van der Waals surface area contributed by atoms with Gasteiger partial charge in [-0.1, -0.05) is 45.4 Å². The molecule has 0 saturated heterocycles. The fourth-order valence-electron chi connectivity index (χ4n) is 1.23. The number of carbonyl (C=O) groups is 1. The topological polar surface area (TPSA) is 40.1 Å². The molecule has 0 rings (SSSR count). The average molecular weight is 269 g/mol. The van der Waals surface area contributed by atoms with Crippen LogP contribution in [-0.4, -0.2) is 5.97 Å². The Morgan fingerprint density at radius 3 is 1.80 bits per heavy atom. The number of carboxylic acids is 1. The van der Waals surface area contributed by atoms with Crippen LogP contribution in [0.4, 0.5) is 0 Å². The number of hydrogen-bond donors (Lipinski definition) is 0. The van der Waals surface area contributed by atoms with Crippen LogP contribution in [0.25, 0.3) is 0 Å². The third-order valence-corrected chi connectivity index (χ3v) is 1.98. The molecular formula is C10H19ClKNaO2. The summed E-state index contributed by atoms with van der Waals surface area (Å²) in [4.78, 5) is 10.0. The summed E-state index contributed by atoms with van der Waals surface area (Å²) in [7, 11) is 0. The van der Waals surface area contributed by atoms with Gasteiger partial charge in [-0.15, -0.1) is 0 Å². The number of hydrogen-bond acceptors (Lipinski definition) is 2. The number of halogens is 1. The molecule has 0 spiro atoms.